The van der Waals surface area contributed by atoms with E-state index in [0.29, 0.717) is 12.3 Å². The molecule has 1 fully saturated rings. The van der Waals surface area contributed by atoms with E-state index in [1.165, 1.54) is 0 Å². The minimum atomic E-state index is -1.07. The molecule has 0 saturated heterocycles. The first-order valence-electron chi connectivity index (χ1n) is 10.6. The van der Waals surface area contributed by atoms with Crippen LogP contribution < -0.4 is 10.1 Å². The van der Waals surface area contributed by atoms with E-state index in [1.807, 2.05) is 37.3 Å². The smallest absolute Gasteiger partial charge is 0.337 e. The number of rotatable bonds is 5. The van der Waals surface area contributed by atoms with Gasteiger partial charge in [-0.1, -0.05) is 35.9 Å². The van der Waals surface area contributed by atoms with Crippen LogP contribution in [0, 0.1) is 6.92 Å². The zero-order valence-corrected chi connectivity index (χ0v) is 18.3. The highest BCUT2D eigenvalue weighted by molar-refractivity contribution is 6.33. The summed E-state index contributed by atoms with van der Waals surface area (Å²) < 4.78 is 5.59. The number of aromatic carboxylic acids is 1. The van der Waals surface area contributed by atoms with Crippen LogP contribution in [0.1, 0.15) is 41.3 Å². The molecule has 5 nitrogen and oxygen atoms in total. The Balaban J connectivity index is 0.00000259. The van der Waals surface area contributed by atoms with E-state index in [0.717, 1.165) is 52.8 Å². The molecule has 0 spiro atoms. The van der Waals surface area contributed by atoms with Gasteiger partial charge in [-0.05, 0) is 77.9 Å². The lowest BCUT2D eigenvalue weighted by Gasteiger charge is -2.18. The lowest BCUT2D eigenvalue weighted by Crippen LogP contribution is -2.27. The minimum Gasteiger partial charge on any atom is -0.493 e. The summed E-state index contributed by atoms with van der Waals surface area (Å²) in [7, 11) is 0. The van der Waals surface area contributed by atoms with Crippen molar-refractivity contribution in [1.82, 2.24) is 0 Å². The van der Waals surface area contributed by atoms with Crippen molar-refractivity contribution in [3.05, 3.63) is 81.9 Å². The topological polar surface area (TPSA) is 75.6 Å². The Labute approximate surface area is 192 Å². The summed E-state index contributed by atoms with van der Waals surface area (Å²) in [6, 6.07) is 16.7. The number of nitrogens with one attached hydrogen (secondary N) is 1. The number of aryl methyl sites for hydroxylation is 1. The molecule has 32 heavy (non-hydrogen) atoms. The zero-order chi connectivity index (χ0) is 22.5. The number of anilines is 1. The highest BCUT2D eigenvalue weighted by Crippen LogP contribution is 2.50. The highest BCUT2D eigenvalue weighted by Gasteiger charge is 2.51. The molecule has 0 unspecified atom stereocenters. The molecule has 0 bridgehead atoms. The largest absolute Gasteiger partial charge is 0.493 e. The van der Waals surface area contributed by atoms with Gasteiger partial charge in [0.2, 0.25) is 5.91 Å². The summed E-state index contributed by atoms with van der Waals surface area (Å²) in [6.07, 6.45) is 2.51. The normalized spacial score (nSPS) is 15.6. The maximum atomic E-state index is 13.3. The molecular formula is C26H24ClNO4. The average Bonchev–Trinajstić information content (AvgIpc) is 3.46. The first kappa shape index (κ1) is 20.6. The molecule has 1 heterocycles. The Kier molecular flexibility index (Phi) is 4.94. The van der Waals surface area contributed by atoms with Gasteiger partial charge in [-0.15, -0.1) is 0 Å². The fourth-order valence-corrected chi connectivity index (χ4v) is 4.57. The second-order valence-electron chi connectivity index (χ2n) is 8.49. The van der Waals surface area contributed by atoms with Crippen molar-refractivity contribution in [1.29, 1.82) is 0 Å². The molecule has 0 atom stereocenters. The molecule has 1 aliphatic heterocycles. The van der Waals surface area contributed by atoms with Gasteiger partial charge < -0.3 is 15.2 Å². The van der Waals surface area contributed by atoms with Gasteiger partial charge in [-0.3, -0.25) is 4.79 Å². The monoisotopic (exact) mass is 449 g/mol. The van der Waals surface area contributed by atoms with Crippen molar-refractivity contribution in [2.45, 2.75) is 31.6 Å². The SMILES string of the molecule is Cc1ccc(NC(=O)C2(c3ccc4c(c3)CCO4)CC2)cc1-c1ccc(Cl)c(C(=O)O)c1.[HH]. The molecule has 3 aromatic rings. The van der Waals surface area contributed by atoms with Crippen molar-refractivity contribution in [3.63, 3.8) is 0 Å². The zero-order valence-electron chi connectivity index (χ0n) is 17.6. The average molecular weight is 450 g/mol. The predicted octanol–water partition coefficient (Wildman–Crippen LogP) is 5.86. The number of fused-ring (bicyclic) bond motifs is 1. The summed E-state index contributed by atoms with van der Waals surface area (Å²) in [5.41, 5.74) is 4.99. The van der Waals surface area contributed by atoms with Crippen molar-refractivity contribution < 1.29 is 20.9 Å². The molecule has 1 saturated carbocycles. The fraction of sp³-hybridized carbons (Fsp3) is 0.231. The number of ether oxygens (including phenoxy) is 1. The van der Waals surface area contributed by atoms with Gasteiger partial charge in [-0.2, -0.15) is 0 Å². The van der Waals surface area contributed by atoms with Gasteiger partial charge in [0.1, 0.15) is 5.75 Å². The number of amides is 1. The third-order valence-electron chi connectivity index (χ3n) is 6.43. The Morgan fingerprint density at radius 2 is 1.91 bits per heavy atom. The van der Waals surface area contributed by atoms with E-state index in [4.69, 9.17) is 16.3 Å². The third-order valence-corrected chi connectivity index (χ3v) is 6.76. The highest BCUT2D eigenvalue weighted by atomic mass is 35.5. The summed E-state index contributed by atoms with van der Waals surface area (Å²) in [5, 5.41) is 12.7. The second-order valence-corrected chi connectivity index (χ2v) is 8.89. The number of hydrogen-bond donors (Lipinski definition) is 2. The van der Waals surface area contributed by atoms with E-state index in [9.17, 15) is 14.7 Å². The van der Waals surface area contributed by atoms with E-state index in [1.54, 1.807) is 18.2 Å². The number of carbonyl (C=O) groups excluding carboxylic acids is 1. The van der Waals surface area contributed by atoms with E-state index in [-0.39, 0.29) is 17.9 Å². The van der Waals surface area contributed by atoms with Crippen molar-refractivity contribution >= 4 is 29.2 Å². The molecule has 1 amide bonds. The molecule has 3 aromatic carbocycles. The molecule has 2 aliphatic rings. The predicted molar refractivity (Wildman–Crippen MR) is 126 cm³/mol. The van der Waals surface area contributed by atoms with E-state index in [2.05, 4.69) is 11.4 Å². The Hall–Kier alpha value is -3.31. The minimum absolute atomic E-state index is 0. The molecule has 164 valence electrons. The van der Waals surface area contributed by atoms with Crippen LogP contribution in [0.3, 0.4) is 0 Å². The standard InChI is InChI=1S/C26H22ClNO4.H2/c1-15-2-5-19(14-20(15)16-3-6-22(27)21(13-16)24(29)30)28-25(31)26(9-10-26)18-4-7-23-17(12-18)8-11-32-23;/h2-7,12-14H,8-11H2,1H3,(H,28,31)(H,29,30);1H. The lowest BCUT2D eigenvalue weighted by molar-refractivity contribution is -0.118. The van der Waals surface area contributed by atoms with Crippen molar-refractivity contribution in [2.24, 2.45) is 0 Å². The summed E-state index contributed by atoms with van der Waals surface area (Å²) in [4.78, 5) is 24.8. The fourth-order valence-electron chi connectivity index (χ4n) is 4.37. The van der Waals surface area contributed by atoms with Crippen LogP contribution in [-0.4, -0.2) is 23.6 Å². The van der Waals surface area contributed by atoms with Crippen molar-refractivity contribution in [2.75, 3.05) is 11.9 Å². The number of hydrogen-bond acceptors (Lipinski definition) is 3. The van der Waals surface area contributed by atoms with E-state index >= 15 is 0 Å². The molecule has 0 radical (unpaired) electrons. The first-order valence-corrected chi connectivity index (χ1v) is 11.0. The quantitative estimate of drug-likeness (QED) is 0.511. The van der Waals surface area contributed by atoms with Crippen LogP contribution in [0.25, 0.3) is 11.1 Å². The van der Waals surface area contributed by atoms with E-state index < -0.39 is 11.4 Å². The maximum absolute atomic E-state index is 13.3. The molecule has 1 aliphatic carbocycles. The van der Waals surface area contributed by atoms with Gasteiger partial charge in [0, 0.05) is 13.5 Å². The first-order chi connectivity index (χ1) is 15.4. The lowest BCUT2D eigenvalue weighted by atomic mass is 9.92. The number of carboxylic acids is 1. The van der Waals surface area contributed by atoms with Crippen LogP contribution in [-0.2, 0) is 16.6 Å². The van der Waals surface area contributed by atoms with Gasteiger partial charge in [0.05, 0.1) is 22.6 Å². The summed E-state index contributed by atoms with van der Waals surface area (Å²) in [5.74, 6) is -0.181. The van der Waals surface area contributed by atoms with Gasteiger partial charge in [0.25, 0.3) is 0 Å². The summed E-state index contributed by atoms with van der Waals surface area (Å²) in [6.45, 7) is 2.64. The van der Waals surface area contributed by atoms with Crippen LogP contribution in [0.4, 0.5) is 5.69 Å². The second kappa shape index (κ2) is 7.68. The van der Waals surface area contributed by atoms with Crippen LogP contribution in [0.5, 0.6) is 5.75 Å². The number of carboxylic acid groups (broad SMARTS) is 1. The number of carbonyl (C=O) groups is 2. The Bertz CT molecular complexity index is 1270. The molecule has 5 rings (SSSR count). The summed E-state index contributed by atoms with van der Waals surface area (Å²) >= 11 is 6.02. The van der Waals surface area contributed by atoms with Crippen LogP contribution in [0.2, 0.25) is 5.02 Å². The molecule has 6 heteroatoms. The number of halogens is 1. The number of benzene rings is 3. The van der Waals surface area contributed by atoms with Crippen LogP contribution >= 0.6 is 11.6 Å². The Morgan fingerprint density at radius 1 is 1.09 bits per heavy atom. The van der Waals surface area contributed by atoms with Gasteiger partial charge in [-0.25, -0.2) is 4.79 Å². The van der Waals surface area contributed by atoms with Gasteiger partial charge >= 0.3 is 5.97 Å². The Morgan fingerprint density at radius 3 is 2.66 bits per heavy atom. The molecule has 0 aromatic heterocycles. The van der Waals surface area contributed by atoms with Gasteiger partial charge in [0.15, 0.2) is 0 Å². The van der Waals surface area contributed by atoms with Crippen molar-refractivity contribution in [3.8, 4) is 16.9 Å². The molecule has 2 N–H and O–H groups in total. The maximum Gasteiger partial charge on any atom is 0.337 e. The third kappa shape index (κ3) is 3.53. The van der Waals surface area contributed by atoms with Crippen LogP contribution in [0.15, 0.2) is 54.6 Å². The molecular weight excluding hydrogens is 426 g/mol.